The van der Waals surface area contributed by atoms with Crippen LogP contribution >= 0.6 is 11.3 Å². The summed E-state index contributed by atoms with van der Waals surface area (Å²) in [4.78, 5) is 14.7. The zero-order chi connectivity index (χ0) is 42.2. The Morgan fingerprint density at radius 1 is 0.689 bits per heavy atom. The van der Waals surface area contributed by atoms with E-state index in [1.807, 2.05) is 41.9 Å². The molecular weight excluding hydrogens is 783 g/mol. The normalized spacial score (nSPS) is 16.6. The van der Waals surface area contributed by atoms with Crippen LogP contribution in [-0.4, -0.2) is 33.2 Å². The van der Waals surface area contributed by atoms with Crippen LogP contribution in [0.15, 0.2) is 204 Å². The lowest BCUT2D eigenvalue weighted by Crippen LogP contribution is -2.75. The second-order valence-corrected chi connectivity index (χ2v) is 20.2. The third-order valence-corrected chi connectivity index (χ3v) is 17.8. The van der Waals surface area contributed by atoms with Gasteiger partial charge in [-0.05, 0) is 63.2 Å². The second kappa shape index (κ2) is 14.3. The Morgan fingerprint density at radius 2 is 1.38 bits per heavy atom. The van der Waals surface area contributed by atoms with Crippen LogP contribution in [0, 0.1) is 0 Å². The Hall–Kier alpha value is -7.13. The zero-order valence-electron chi connectivity index (χ0n) is 35.0. The smallest absolute Gasteiger partial charge is 0.220 e. The van der Waals surface area contributed by atoms with E-state index in [2.05, 4.69) is 166 Å². The first-order chi connectivity index (χ1) is 31.0. The average molecular weight is 824 g/mol. The standard InChI is InChI=1S/C53H39N5OSSi/c1-3-18-40(19-4-1)61(41-20-5-2-6-21-41,42-22-13-17-39(32-42)57-47-27-10-11-28-48(47)58-46-26-9-8-25-45(46)56-52(57)58)50-30-14-24-44-51(50)59-49-29-12-7-23-43(49)53(44,33-37-16-15-31-54-37)34-38-35-60-36-55-38/h1-14,16-32,35-36H,15,33-34H2/i34D2. The number of rotatable bonds is 9. The summed E-state index contributed by atoms with van der Waals surface area (Å²) in [5, 5.41) is 6.37. The molecule has 12 rings (SSSR count). The summed E-state index contributed by atoms with van der Waals surface area (Å²) in [7, 11) is -3.39. The summed E-state index contributed by atoms with van der Waals surface area (Å²) in [5.41, 5.74) is 8.39. The van der Waals surface area contributed by atoms with Crippen molar-refractivity contribution in [1.82, 2.24) is 18.9 Å². The number of imidazole rings is 2. The van der Waals surface area contributed by atoms with Crippen LogP contribution in [0.4, 0.5) is 0 Å². The Morgan fingerprint density at radius 3 is 2.15 bits per heavy atom. The number of hydrogen-bond acceptors (Lipinski definition) is 5. The number of aliphatic imine (C=N–C) groups is 1. The van der Waals surface area contributed by atoms with E-state index in [-0.39, 0.29) is 0 Å². The third-order valence-electron chi connectivity index (χ3n) is 12.4. The van der Waals surface area contributed by atoms with Crippen molar-refractivity contribution in [2.24, 2.45) is 4.99 Å². The molecule has 10 aromatic rings. The molecule has 0 radical (unpaired) electrons. The number of fused-ring (bicyclic) bond motifs is 7. The molecule has 1 atom stereocenters. The number of allylic oxidation sites excluding steroid dienone is 2. The highest BCUT2D eigenvalue weighted by Gasteiger charge is 2.49. The van der Waals surface area contributed by atoms with Gasteiger partial charge in [-0.2, -0.15) is 0 Å². The summed E-state index contributed by atoms with van der Waals surface area (Å²) in [6.45, 7) is 0. The minimum absolute atomic E-state index is 0.320. The number of thiazole rings is 1. The molecule has 1 unspecified atom stereocenters. The van der Waals surface area contributed by atoms with E-state index in [4.69, 9.17) is 14.7 Å². The van der Waals surface area contributed by atoms with E-state index < -0.39 is 19.9 Å². The van der Waals surface area contributed by atoms with Crippen LogP contribution in [0.1, 0.15) is 32.4 Å². The van der Waals surface area contributed by atoms with E-state index in [9.17, 15) is 2.74 Å². The molecule has 0 saturated heterocycles. The van der Waals surface area contributed by atoms with Crippen molar-refractivity contribution >= 4 is 74.2 Å². The maximum absolute atomic E-state index is 10.3. The van der Waals surface area contributed by atoms with Crippen LogP contribution in [0.25, 0.3) is 33.5 Å². The quantitative estimate of drug-likeness (QED) is 0.108. The molecule has 0 spiro atoms. The van der Waals surface area contributed by atoms with Gasteiger partial charge in [0.15, 0.2) is 8.07 Å². The number of ether oxygens (including phenoxy) is 1. The van der Waals surface area contributed by atoms with Gasteiger partial charge >= 0.3 is 0 Å². The van der Waals surface area contributed by atoms with Gasteiger partial charge in [-0.3, -0.25) is 14.0 Å². The van der Waals surface area contributed by atoms with E-state index in [0.29, 0.717) is 30.0 Å². The maximum Gasteiger partial charge on any atom is 0.220 e. The van der Waals surface area contributed by atoms with Gasteiger partial charge in [0.2, 0.25) is 5.78 Å². The van der Waals surface area contributed by atoms with E-state index >= 15 is 0 Å². The summed E-state index contributed by atoms with van der Waals surface area (Å²) in [5.74, 6) is 2.15. The number of nitrogens with zero attached hydrogens (tertiary/aromatic N) is 5. The highest BCUT2D eigenvalue weighted by Crippen LogP contribution is 2.53. The Balaban J connectivity index is 1.19. The minimum atomic E-state index is -3.39. The van der Waals surface area contributed by atoms with Crippen molar-refractivity contribution in [3.8, 4) is 17.2 Å². The first-order valence-corrected chi connectivity index (χ1v) is 23.5. The lowest BCUT2D eigenvalue weighted by atomic mass is 9.67. The third kappa shape index (κ3) is 5.49. The molecule has 0 amide bonds. The van der Waals surface area contributed by atoms with E-state index in [0.717, 1.165) is 60.7 Å². The van der Waals surface area contributed by atoms with Gasteiger partial charge < -0.3 is 4.74 Å². The summed E-state index contributed by atoms with van der Waals surface area (Å²) in [6.07, 6.45) is 3.08. The van der Waals surface area contributed by atoms with Crippen molar-refractivity contribution in [2.75, 3.05) is 0 Å². The summed E-state index contributed by atoms with van der Waals surface area (Å²) in [6, 6.07) is 61.9. The van der Waals surface area contributed by atoms with Crippen molar-refractivity contribution in [3.05, 3.63) is 215 Å². The highest BCUT2D eigenvalue weighted by molar-refractivity contribution is 7.20. The van der Waals surface area contributed by atoms with Gasteiger partial charge in [0.1, 0.15) is 11.5 Å². The van der Waals surface area contributed by atoms with E-state index in [1.54, 1.807) is 5.51 Å². The van der Waals surface area contributed by atoms with Gasteiger partial charge in [-0.25, -0.2) is 9.97 Å². The fourth-order valence-corrected chi connectivity index (χ4v) is 15.3. The molecule has 0 saturated carbocycles. The highest BCUT2D eigenvalue weighted by atomic mass is 32.1. The first kappa shape index (κ1) is 33.7. The molecule has 6 nitrogen and oxygen atoms in total. The largest absolute Gasteiger partial charge is 0.457 e. The molecule has 3 aromatic heterocycles. The average Bonchev–Trinajstić information content (AvgIpc) is 4.17. The van der Waals surface area contributed by atoms with Crippen LogP contribution in [0.3, 0.4) is 0 Å². The molecule has 7 aromatic carbocycles. The van der Waals surface area contributed by atoms with Crippen LogP contribution < -0.4 is 25.5 Å². The maximum atomic E-state index is 10.3. The predicted molar refractivity (Wildman–Crippen MR) is 252 cm³/mol. The SMILES string of the molecule is [2H]C([2H])(c1cscn1)C1(CC2=CCC=N2)c2ccccc2Oc2c1cccc2[Si](c1ccccc1)(c1ccccc1)c1cccc(-n2c3ccccc3n3c4ccccc4nc23)c1. The van der Waals surface area contributed by atoms with Gasteiger partial charge in [0, 0.05) is 61.5 Å². The number of aromatic nitrogens is 4. The second-order valence-electron chi connectivity index (χ2n) is 15.7. The number of para-hydroxylation sites is 6. The fourth-order valence-electron chi connectivity index (χ4n) is 9.93. The minimum Gasteiger partial charge on any atom is -0.457 e. The fraction of sp³-hybridized carbons (Fsp3) is 0.0755. The van der Waals surface area contributed by atoms with Crippen molar-refractivity contribution in [2.45, 2.75) is 24.6 Å². The molecule has 61 heavy (non-hydrogen) atoms. The molecule has 8 heteroatoms. The van der Waals surface area contributed by atoms with Gasteiger partial charge in [0.25, 0.3) is 0 Å². The Labute approximate surface area is 361 Å². The Bertz CT molecular complexity index is 3400. The molecule has 0 fully saturated rings. The topological polar surface area (TPSA) is 56.7 Å². The molecule has 0 bridgehead atoms. The van der Waals surface area contributed by atoms with Crippen LogP contribution in [0.5, 0.6) is 11.5 Å². The molecule has 0 N–H and O–H groups in total. The van der Waals surface area contributed by atoms with Gasteiger partial charge in [-0.15, -0.1) is 11.3 Å². The van der Waals surface area contributed by atoms with Crippen molar-refractivity contribution in [1.29, 1.82) is 0 Å². The predicted octanol–water partition coefficient (Wildman–Crippen LogP) is 9.65. The van der Waals surface area contributed by atoms with Crippen LogP contribution in [-0.2, 0) is 11.8 Å². The monoisotopic (exact) mass is 823 g/mol. The number of hydrogen-bond donors (Lipinski definition) is 0. The molecule has 0 aliphatic carbocycles. The summed E-state index contributed by atoms with van der Waals surface area (Å²) < 4.78 is 32.5. The molecule has 5 heterocycles. The van der Waals surface area contributed by atoms with Gasteiger partial charge in [0.05, 0.1) is 33.3 Å². The van der Waals surface area contributed by atoms with Crippen LogP contribution in [0.2, 0.25) is 0 Å². The molecular formula is C53H39N5OSSi. The number of benzene rings is 7. The Kier molecular flexibility index (Phi) is 7.87. The molecule has 2 aliphatic heterocycles. The molecule has 2 aliphatic rings. The lowest BCUT2D eigenvalue weighted by molar-refractivity contribution is 0.385. The van der Waals surface area contributed by atoms with Gasteiger partial charge in [-0.1, -0.05) is 140 Å². The van der Waals surface area contributed by atoms with E-state index in [1.165, 1.54) is 21.7 Å². The van der Waals surface area contributed by atoms with Crippen molar-refractivity contribution in [3.63, 3.8) is 0 Å². The lowest BCUT2D eigenvalue weighted by Gasteiger charge is -2.43. The zero-order valence-corrected chi connectivity index (χ0v) is 34.8. The first-order valence-electron chi connectivity index (χ1n) is 21.6. The van der Waals surface area contributed by atoms with Crippen molar-refractivity contribution < 1.29 is 7.48 Å². The molecule has 292 valence electrons. The summed E-state index contributed by atoms with van der Waals surface area (Å²) >= 11 is 1.41.